The molecule has 1 heterocycles. The summed E-state index contributed by atoms with van der Waals surface area (Å²) in [6.07, 6.45) is 1.37. The Balaban J connectivity index is 1.59. The first-order valence-electron chi connectivity index (χ1n) is 10.2. The fraction of sp³-hybridized carbons (Fsp3) is 0.391. The molecule has 30 heavy (non-hydrogen) atoms. The smallest absolute Gasteiger partial charge is 0.255 e. The van der Waals surface area contributed by atoms with E-state index in [1.54, 1.807) is 23.1 Å². The lowest BCUT2D eigenvalue weighted by molar-refractivity contribution is -0.136. The Bertz CT molecular complexity index is 894. The standard InChI is InChI=1S/C23H27ClN2O4/c1-15(2)21(25-22(28)17-7-3-5-9-19(17)27)23(29)26-13-11-16(12-14-26)30-20-10-6-4-8-18(20)24/h3-10,15-16,21,27H,11-14H2,1-2H3,(H,25,28)/t21-/m0/s1. The van der Waals surface area contributed by atoms with E-state index in [0.29, 0.717) is 36.7 Å². The van der Waals surface area contributed by atoms with E-state index in [-0.39, 0.29) is 29.2 Å². The van der Waals surface area contributed by atoms with Crippen LogP contribution in [0.25, 0.3) is 0 Å². The van der Waals surface area contributed by atoms with E-state index in [0.717, 1.165) is 0 Å². The van der Waals surface area contributed by atoms with Gasteiger partial charge in [0.25, 0.3) is 5.91 Å². The highest BCUT2D eigenvalue weighted by atomic mass is 35.5. The molecule has 2 aromatic carbocycles. The summed E-state index contributed by atoms with van der Waals surface area (Å²) in [4.78, 5) is 27.4. The molecule has 0 aliphatic carbocycles. The van der Waals surface area contributed by atoms with Gasteiger partial charge < -0.3 is 20.1 Å². The molecule has 2 aromatic rings. The molecule has 0 saturated carbocycles. The minimum Gasteiger partial charge on any atom is -0.507 e. The number of benzene rings is 2. The number of nitrogens with zero attached hydrogens (tertiary/aromatic N) is 1. The molecule has 1 fully saturated rings. The van der Waals surface area contributed by atoms with E-state index in [1.807, 2.05) is 32.0 Å². The Morgan fingerprint density at radius 3 is 2.37 bits per heavy atom. The maximum atomic E-state index is 13.1. The fourth-order valence-corrected chi connectivity index (χ4v) is 3.69. The predicted molar refractivity (Wildman–Crippen MR) is 116 cm³/mol. The van der Waals surface area contributed by atoms with Gasteiger partial charge in [0.2, 0.25) is 5.91 Å². The van der Waals surface area contributed by atoms with Crippen LogP contribution in [0.5, 0.6) is 11.5 Å². The zero-order valence-corrected chi connectivity index (χ0v) is 17.9. The second-order valence-corrected chi connectivity index (χ2v) is 8.19. The number of aromatic hydroxyl groups is 1. The van der Waals surface area contributed by atoms with Crippen LogP contribution in [0.1, 0.15) is 37.0 Å². The van der Waals surface area contributed by atoms with Crippen molar-refractivity contribution in [3.63, 3.8) is 0 Å². The Morgan fingerprint density at radius 2 is 1.73 bits per heavy atom. The number of carbonyl (C=O) groups is 2. The number of phenols is 1. The first-order valence-corrected chi connectivity index (χ1v) is 10.5. The maximum absolute atomic E-state index is 13.1. The molecule has 0 aromatic heterocycles. The highest BCUT2D eigenvalue weighted by Gasteiger charge is 2.32. The molecule has 1 aliphatic heterocycles. The van der Waals surface area contributed by atoms with Crippen molar-refractivity contribution in [1.29, 1.82) is 0 Å². The lowest BCUT2D eigenvalue weighted by Crippen LogP contribution is -2.53. The molecule has 2 N–H and O–H groups in total. The quantitative estimate of drug-likeness (QED) is 0.729. The van der Waals surface area contributed by atoms with Crippen LogP contribution in [0.15, 0.2) is 48.5 Å². The van der Waals surface area contributed by atoms with Gasteiger partial charge in [0.05, 0.1) is 10.6 Å². The highest BCUT2D eigenvalue weighted by Crippen LogP contribution is 2.27. The van der Waals surface area contributed by atoms with E-state index in [4.69, 9.17) is 16.3 Å². The topological polar surface area (TPSA) is 78.9 Å². The number of halogens is 1. The van der Waals surface area contributed by atoms with Gasteiger partial charge >= 0.3 is 0 Å². The lowest BCUT2D eigenvalue weighted by Gasteiger charge is -2.35. The summed E-state index contributed by atoms with van der Waals surface area (Å²) in [5.74, 6) is -0.132. The van der Waals surface area contributed by atoms with Crippen molar-refractivity contribution < 1.29 is 19.4 Å². The summed E-state index contributed by atoms with van der Waals surface area (Å²) in [5, 5.41) is 13.3. The van der Waals surface area contributed by atoms with Crippen molar-refractivity contribution in [2.45, 2.75) is 38.8 Å². The normalized spacial score (nSPS) is 15.7. The van der Waals surface area contributed by atoms with Crippen molar-refractivity contribution in [2.24, 2.45) is 5.92 Å². The number of hydrogen-bond acceptors (Lipinski definition) is 4. The monoisotopic (exact) mass is 430 g/mol. The molecular weight excluding hydrogens is 404 g/mol. The number of ether oxygens (including phenoxy) is 1. The number of likely N-dealkylation sites (tertiary alicyclic amines) is 1. The highest BCUT2D eigenvalue weighted by molar-refractivity contribution is 6.32. The SMILES string of the molecule is CC(C)[C@H](NC(=O)c1ccccc1O)C(=O)N1CCC(Oc2ccccc2Cl)CC1. The number of piperidine rings is 1. The summed E-state index contributed by atoms with van der Waals surface area (Å²) in [6.45, 7) is 4.87. The molecule has 1 atom stereocenters. The summed E-state index contributed by atoms with van der Waals surface area (Å²) in [5.41, 5.74) is 0.155. The van der Waals surface area contributed by atoms with E-state index in [2.05, 4.69) is 5.32 Å². The first-order chi connectivity index (χ1) is 14.4. The third-order valence-corrected chi connectivity index (χ3v) is 5.56. The summed E-state index contributed by atoms with van der Waals surface area (Å²) in [6, 6.07) is 13.0. The van der Waals surface area contributed by atoms with Crippen molar-refractivity contribution in [3.8, 4) is 11.5 Å². The zero-order valence-electron chi connectivity index (χ0n) is 17.2. The molecule has 1 saturated heterocycles. The van der Waals surface area contributed by atoms with Crippen molar-refractivity contribution in [1.82, 2.24) is 10.2 Å². The van der Waals surface area contributed by atoms with E-state index in [1.165, 1.54) is 12.1 Å². The van der Waals surface area contributed by atoms with Gasteiger partial charge in [0, 0.05) is 25.9 Å². The van der Waals surface area contributed by atoms with Gasteiger partial charge in [-0.3, -0.25) is 9.59 Å². The average Bonchev–Trinajstić information content (AvgIpc) is 2.73. The number of amides is 2. The van der Waals surface area contributed by atoms with Gasteiger partial charge in [-0.1, -0.05) is 49.7 Å². The van der Waals surface area contributed by atoms with Crippen LogP contribution >= 0.6 is 11.6 Å². The van der Waals surface area contributed by atoms with Crippen LogP contribution in [-0.4, -0.2) is 47.1 Å². The van der Waals surface area contributed by atoms with Gasteiger partial charge in [0.1, 0.15) is 23.6 Å². The molecule has 0 bridgehead atoms. The van der Waals surface area contributed by atoms with Crippen LogP contribution in [0.3, 0.4) is 0 Å². The fourth-order valence-electron chi connectivity index (χ4n) is 3.51. The second-order valence-electron chi connectivity index (χ2n) is 7.79. The number of phenolic OH excluding ortho intramolecular Hbond substituents is 1. The predicted octanol–water partition coefficient (Wildman–Crippen LogP) is 3.87. The van der Waals surface area contributed by atoms with Crippen LogP contribution in [0.2, 0.25) is 5.02 Å². The lowest BCUT2D eigenvalue weighted by atomic mass is 9.99. The zero-order chi connectivity index (χ0) is 21.7. The van der Waals surface area contributed by atoms with Crippen LogP contribution in [0.4, 0.5) is 0 Å². The van der Waals surface area contributed by atoms with Crippen molar-refractivity contribution in [3.05, 3.63) is 59.1 Å². The number of para-hydroxylation sites is 2. The van der Waals surface area contributed by atoms with E-state index in [9.17, 15) is 14.7 Å². The molecule has 0 spiro atoms. The Labute approximate surface area is 181 Å². The van der Waals surface area contributed by atoms with Gasteiger partial charge in [0.15, 0.2) is 0 Å². The van der Waals surface area contributed by atoms with Crippen molar-refractivity contribution >= 4 is 23.4 Å². The molecule has 7 heteroatoms. The number of hydrogen-bond donors (Lipinski definition) is 2. The third kappa shape index (κ3) is 5.25. The molecule has 3 rings (SSSR count). The maximum Gasteiger partial charge on any atom is 0.255 e. The average molecular weight is 431 g/mol. The molecule has 160 valence electrons. The summed E-state index contributed by atoms with van der Waals surface area (Å²) in [7, 11) is 0. The molecule has 6 nitrogen and oxygen atoms in total. The largest absolute Gasteiger partial charge is 0.507 e. The Hall–Kier alpha value is -2.73. The van der Waals surface area contributed by atoms with Gasteiger partial charge in [-0.25, -0.2) is 0 Å². The second kappa shape index (κ2) is 9.85. The van der Waals surface area contributed by atoms with Crippen LogP contribution < -0.4 is 10.1 Å². The minimum absolute atomic E-state index is 0.0118. The first kappa shape index (κ1) is 22.0. The Kier molecular flexibility index (Phi) is 7.21. The number of carbonyl (C=O) groups excluding carboxylic acids is 2. The minimum atomic E-state index is -0.668. The van der Waals surface area contributed by atoms with Crippen LogP contribution in [0, 0.1) is 5.92 Å². The Morgan fingerprint density at radius 1 is 1.10 bits per heavy atom. The molecular formula is C23H27ClN2O4. The molecule has 2 amide bonds. The van der Waals surface area contributed by atoms with Crippen LogP contribution in [-0.2, 0) is 4.79 Å². The van der Waals surface area contributed by atoms with E-state index >= 15 is 0 Å². The van der Waals surface area contributed by atoms with Crippen molar-refractivity contribution in [2.75, 3.05) is 13.1 Å². The number of nitrogens with one attached hydrogen (secondary N) is 1. The van der Waals surface area contributed by atoms with Gasteiger partial charge in [-0.2, -0.15) is 0 Å². The third-order valence-electron chi connectivity index (χ3n) is 5.25. The molecule has 0 unspecified atom stereocenters. The van der Waals surface area contributed by atoms with E-state index < -0.39 is 11.9 Å². The molecule has 1 aliphatic rings. The molecule has 0 radical (unpaired) electrons. The summed E-state index contributed by atoms with van der Waals surface area (Å²) < 4.78 is 5.99. The van der Waals surface area contributed by atoms with Gasteiger partial charge in [-0.15, -0.1) is 0 Å². The van der Waals surface area contributed by atoms with Gasteiger partial charge in [-0.05, 0) is 30.2 Å². The summed E-state index contributed by atoms with van der Waals surface area (Å²) >= 11 is 6.16. The number of rotatable bonds is 6.